The lowest BCUT2D eigenvalue weighted by Crippen LogP contribution is -2.51. The van der Waals surface area contributed by atoms with Gasteiger partial charge in [-0.2, -0.15) is 0 Å². The molecule has 6 heteroatoms. The van der Waals surface area contributed by atoms with Gasteiger partial charge < -0.3 is 17.6 Å². The maximum atomic E-state index is 15.7. The van der Waals surface area contributed by atoms with Crippen molar-refractivity contribution in [3.8, 4) is 0 Å². The minimum atomic E-state index is -3.97. The van der Waals surface area contributed by atoms with Crippen molar-refractivity contribution in [3.63, 3.8) is 0 Å². The third-order valence-electron chi connectivity index (χ3n) is 5.84. The normalized spacial score (nSPS) is 17.9. The first-order valence-corrected chi connectivity index (χ1v) is 9.43. The zero-order valence-electron chi connectivity index (χ0n) is 16.3. The summed E-state index contributed by atoms with van der Waals surface area (Å²) in [5.41, 5.74) is 5.47. The molecule has 1 aromatic carbocycles. The predicted molar refractivity (Wildman–Crippen MR) is 110 cm³/mol. The number of aromatic nitrogens is 2. The van der Waals surface area contributed by atoms with E-state index in [4.69, 9.17) is 0 Å². The molecule has 0 amide bonds. The third-order valence-corrected chi connectivity index (χ3v) is 5.84. The Balaban J connectivity index is 2.00. The highest BCUT2D eigenvalue weighted by atomic mass is 19.2. The second-order valence-electron chi connectivity index (χ2n) is 7.72. The molecule has 0 spiro atoms. The summed E-state index contributed by atoms with van der Waals surface area (Å²) in [6, 6.07) is 11.8. The molecule has 0 saturated carbocycles. The number of allylic oxidation sites excluding steroid dienone is 2. The van der Waals surface area contributed by atoms with Crippen LogP contribution in [0.3, 0.4) is 0 Å². The Morgan fingerprint density at radius 2 is 1.79 bits per heavy atom. The molecule has 4 heterocycles. The summed E-state index contributed by atoms with van der Waals surface area (Å²) in [4.78, 5) is 4.68. The Morgan fingerprint density at radius 1 is 1.04 bits per heavy atom. The lowest BCUT2D eigenvalue weighted by molar-refractivity contribution is -0.363. The molecule has 3 aromatic rings. The molecular formula is C22H20BF2N3. The smallest absolute Gasteiger partial charge is 0.393 e. The zero-order valence-corrected chi connectivity index (χ0v) is 16.3. The van der Waals surface area contributed by atoms with Crippen LogP contribution in [0, 0.1) is 13.8 Å². The fraction of sp³-hybridized carbons (Fsp3) is 0.182. The Kier molecular flexibility index (Phi) is 3.36. The van der Waals surface area contributed by atoms with Crippen molar-refractivity contribution in [2.45, 2.75) is 27.7 Å². The number of pyridine rings is 1. The molecule has 0 N–H and O–H groups in total. The second kappa shape index (κ2) is 5.50. The summed E-state index contributed by atoms with van der Waals surface area (Å²) in [7, 11) is 0. The molecule has 2 aliphatic heterocycles. The van der Waals surface area contributed by atoms with Crippen LogP contribution in [-0.4, -0.2) is 26.6 Å². The molecule has 5 rings (SSSR count). The Labute approximate surface area is 162 Å². The van der Waals surface area contributed by atoms with Crippen molar-refractivity contribution in [2.24, 2.45) is 0 Å². The van der Waals surface area contributed by atoms with Crippen LogP contribution in [0.25, 0.3) is 16.3 Å². The van der Waals surface area contributed by atoms with Crippen LogP contribution in [-0.2, 0) is 0 Å². The van der Waals surface area contributed by atoms with E-state index in [0.29, 0.717) is 22.8 Å². The summed E-state index contributed by atoms with van der Waals surface area (Å²) in [5.74, 6) is 0. The van der Waals surface area contributed by atoms with Gasteiger partial charge in [0.05, 0.1) is 11.3 Å². The number of nitrogens with zero attached hydrogens (tertiary/aromatic N) is 3. The molecule has 2 aromatic heterocycles. The molecule has 2 aliphatic rings. The average molecular weight is 375 g/mol. The molecule has 0 unspecified atom stereocenters. The number of fused-ring (bicyclic) bond motifs is 3. The van der Waals surface area contributed by atoms with Crippen LogP contribution >= 0.6 is 0 Å². The van der Waals surface area contributed by atoms with E-state index in [9.17, 15) is 0 Å². The minimum absolute atomic E-state index is 0.562. The standard InChI is InChI=1S/C22H20BF2N3/c1-13-11-15(3)27-21(13)19(20-18-8-6-5-7-17(18)9-10-26-20)22-14(2)12-16(4)28(22)23(27,24)25/h5-12H,1-4H3. The molecule has 0 atom stereocenters. The van der Waals surface area contributed by atoms with Crippen LogP contribution in [0.4, 0.5) is 8.63 Å². The number of halogens is 2. The first-order chi connectivity index (χ1) is 13.3. The maximum absolute atomic E-state index is 15.7. The van der Waals surface area contributed by atoms with Gasteiger partial charge in [-0.05, 0) is 49.5 Å². The molecular weight excluding hydrogens is 355 g/mol. The SMILES string of the molecule is CC1=CC(C)=[N+]2C1=C(c1nccc3ccccc13)c1c(C)cc(C)n1[B-]2(F)F. The minimum Gasteiger partial charge on any atom is -0.393 e. The first-order valence-electron chi connectivity index (χ1n) is 9.43. The van der Waals surface area contributed by atoms with E-state index in [1.165, 1.54) is 8.96 Å². The fourth-order valence-corrected chi connectivity index (χ4v) is 4.84. The van der Waals surface area contributed by atoms with Gasteiger partial charge in [0.2, 0.25) is 0 Å². The van der Waals surface area contributed by atoms with Gasteiger partial charge in [0.15, 0.2) is 5.70 Å². The molecule has 0 radical (unpaired) electrons. The molecule has 140 valence electrons. The Hall–Kier alpha value is -3.02. The lowest BCUT2D eigenvalue weighted by atomic mass is 9.84. The van der Waals surface area contributed by atoms with Gasteiger partial charge in [-0.1, -0.05) is 24.3 Å². The molecule has 0 bridgehead atoms. The van der Waals surface area contributed by atoms with Crippen LogP contribution in [0.15, 0.2) is 59.9 Å². The highest BCUT2D eigenvalue weighted by Crippen LogP contribution is 2.44. The summed E-state index contributed by atoms with van der Waals surface area (Å²) in [5, 5.41) is 2.01. The summed E-state index contributed by atoms with van der Waals surface area (Å²) in [6.45, 7) is 3.33. The molecule has 0 fully saturated rings. The van der Waals surface area contributed by atoms with Crippen molar-refractivity contribution in [1.29, 1.82) is 0 Å². The van der Waals surface area contributed by atoms with Gasteiger partial charge in [-0.3, -0.25) is 4.98 Å². The van der Waals surface area contributed by atoms with Crippen molar-refractivity contribution >= 4 is 29.0 Å². The number of rotatable bonds is 1. The number of hydrogen-bond acceptors (Lipinski definition) is 1. The van der Waals surface area contributed by atoms with E-state index in [0.717, 1.165) is 33.2 Å². The largest absolute Gasteiger partial charge is 0.737 e. The van der Waals surface area contributed by atoms with Gasteiger partial charge in [-0.25, -0.2) is 0 Å². The average Bonchev–Trinajstić information content (AvgIpc) is 3.12. The Morgan fingerprint density at radius 3 is 2.57 bits per heavy atom. The van der Waals surface area contributed by atoms with Gasteiger partial charge >= 0.3 is 6.97 Å². The van der Waals surface area contributed by atoms with Crippen LogP contribution in [0.1, 0.15) is 36.5 Å². The fourth-order valence-electron chi connectivity index (χ4n) is 4.84. The quantitative estimate of drug-likeness (QED) is 0.544. The highest BCUT2D eigenvalue weighted by molar-refractivity contribution is 6.58. The zero-order chi connectivity index (χ0) is 19.8. The summed E-state index contributed by atoms with van der Waals surface area (Å²) < 4.78 is 33.8. The molecule has 0 saturated heterocycles. The van der Waals surface area contributed by atoms with Crippen molar-refractivity contribution in [2.75, 3.05) is 0 Å². The highest BCUT2D eigenvalue weighted by Gasteiger charge is 2.55. The monoisotopic (exact) mass is 375 g/mol. The van der Waals surface area contributed by atoms with Crippen LogP contribution in [0.2, 0.25) is 0 Å². The van der Waals surface area contributed by atoms with Crippen LogP contribution < -0.4 is 0 Å². The van der Waals surface area contributed by atoms with Gasteiger partial charge in [0, 0.05) is 35.8 Å². The van der Waals surface area contributed by atoms with E-state index in [1.54, 1.807) is 20.0 Å². The van der Waals surface area contributed by atoms with E-state index >= 15 is 8.63 Å². The van der Waals surface area contributed by atoms with Crippen molar-refractivity contribution in [3.05, 3.63) is 82.6 Å². The van der Waals surface area contributed by atoms with Gasteiger partial charge in [0.1, 0.15) is 5.71 Å². The van der Waals surface area contributed by atoms with Crippen molar-refractivity contribution in [1.82, 2.24) is 9.46 Å². The van der Waals surface area contributed by atoms with Crippen molar-refractivity contribution < 1.29 is 13.1 Å². The summed E-state index contributed by atoms with van der Waals surface area (Å²) in [6.07, 6.45) is 3.60. The van der Waals surface area contributed by atoms with E-state index in [2.05, 4.69) is 4.98 Å². The molecule has 3 nitrogen and oxygen atoms in total. The first kappa shape index (κ1) is 17.1. The van der Waals surface area contributed by atoms with E-state index in [-0.39, 0.29) is 0 Å². The summed E-state index contributed by atoms with van der Waals surface area (Å²) >= 11 is 0. The van der Waals surface area contributed by atoms with Gasteiger partial charge in [0.25, 0.3) is 0 Å². The molecule has 0 aliphatic carbocycles. The third kappa shape index (κ3) is 2.03. The van der Waals surface area contributed by atoms with E-state index < -0.39 is 6.97 Å². The number of aryl methyl sites for hydroxylation is 2. The number of hydrogen-bond donors (Lipinski definition) is 0. The maximum Gasteiger partial charge on any atom is 0.737 e. The Bertz CT molecular complexity index is 1270. The second-order valence-corrected chi connectivity index (χ2v) is 7.72. The van der Waals surface area contributed by atoms with Crippen LogP contribution in [0.5, 0.6) is 0 Å². The lowest BCUT2D eigenvalue weighted by Gasteiger charge is -2.33. The predicted octanol–water partition coefficient (Wildman–Crippen LogP) is 5.08. The molecule has 28 heavy (non-hydrogen) atoms. The topological polar surface area (TPSA) is 20.8 Å². The van der Waals surface area contributed by atoms with E-state index in [1.807, 2.05) is 56.3 Å². The van der Waals surface area contributed by atoms with Gasteiger partial charge in [-0.15, -0.1) is 0 Å². The number of benzene rings is 1.